The van der Waals surface area contributed by atoms with Crippen LogP contribution in [-0.2, 0) is 4.79 Å². The first kappa shape index (κ1) is 15.1. The van der Waals surface area contributed by atoms with Crippen molar-refractivity contribution in [3.8, 4) is 0 Å². The van der Waals surface area contributed by atoms with E-state index in [4.69, 9.17) is 11.6 Å². The van der Waals surface area contributed by atoms with E-state index >= 15 is 0 Å². The zero-order valence-electron chi connectivity index (χ0n) is 12.7. The van der Waals surface area contributed by atoms with Crippen LogP contribution >= 0.6 is 11.6 Å². The fourth-order valence-corrected chi connectivity index (χ4v) is 3.15. The highest BCUT2D eigenvalue weighted by Gasteiger charge is 2.34. The van der Waals surface area contributed by atoms with Gasteiger partial charge in [0.15, 0.2) is 0 Å². The lowest BCUT2D eigenvalue weighted by Crippen LogP contribution is -2.43. The van der Waals surface area contributed by atoms with E-state index in [1.807, 2.05) is 48.2 Å². The number of amides is 1. The molecule has 0 saturated heterocycles. The van der Waals surface area contributed by atoms with E-state index < -0.39 is 0 Å². The average molecular weight is 315 g/mol. The minimum Gasteiger partial charge on any atom is -0.310 e. The molecule has 2 unspecified atom stereocenters. The van der Waals surface area contributed by atoms with Gasteiger partial charge in [0, 0.05) is 23.2 Å². The summed E-state index contributed by atoms with van der Waals surface area (Å²) >= 11 is 6.18. The molecule has 22 heavy (non-hydrogen) atoms. The average Bonchev–Trinajstić information content (AvgIpc) is 2.92. The standard InChI is InChI=1S/C18H19ClN2O/c1-12(20-2)18(22)21-11-16(13-6-4-3-5-7-13)15-10-14(19)8-9-17(15)21/h3-10,12,16,20H,11H2,1-2H3. The molecule has 1 aliphatic heterocycles. The second kappa shape index (κ2) is 6.11. The minimum absolute atomic E-state index is 0.0875. The molecule has 0 spiro atoms. The summed E-state index contributed by atoms with van der Waals surface area (Å²) in [5, 5.41) is 3.73. The van der Waals surface area contributed by atoms with Crippen molar-refractivity contribution in [2.75, 3.05) is 18.5 Å². The molecule has 3 rings (SSSR count). The van der Waals surface area contributed by atoms with Gasteiger partial charge in [-0.05, 0) is 43.3 Å². The molecule has 2 aromatic carbocycles. The van der Waals surface area contributed by atoms with Gasteiger partial charge in [-0.1, -0.05) is 41.9 Å². The third-order valence-electron chi connectivity index (χ3n) is 4.29. The molecule has 114 valence electrons. The summed E-state index contributed by atoms with van der Waals surface area (Å²) in [6.07, 6.45) is 0. The normalized spacial score (nSPS) is 18.1. The van der Waals surface area contributed by atoms with Crippen LogP contribution in [0.15, 0.2) is 48.5 Å². The van der Waals surface area contributed by atoms with E-state index in [1.165, 1.54) is 5.56 Å². The van der Waals surface area contributed by atoms with Gasteiger partial charge in [-0.15, -0.1) is 0 Å². The number of benzene rings is 2. The molecule has 0 aliphatic carbocycles. The van der Waals surface area contributed by atoms with Gasteiger partial charge >= 0.3 is 0 Å². The van der Waals surface area contributed by atoms with Crippen LogP contribution in [0.4, 0.5) is 5.69 Å². The van der Waals surface area contributed by atoms with E-state index in [1.54, 1.807) is 7.05 Å². The molecule has 3 nitrogen and oxygen atoms in total. The maximum atomic E-state index is 12.6. The van der Waals surface area contributed by atoms with Gasteiger partial charge in [-0.3, -0.25) is 4.79 Å². The molecule has 1 amide bonds. The zero-order chi connectivity index (χ0) is 15.7. The highest BCUT2D eigenvalue weighted by Crippen LogP contribution is 2.41. The molecule has 0 saturated carbocycles. The predicted octanol–water partition coefficient (Wildman–Crippen LogP) is 3.43. The second-order valence-corrected chi connectivity index (χ2v) is 6.06. The second-order valence-electron chi connectivity index (χ2n) is 5.63. The summed E-state index contributed by atoms with van der Waals surface area (Å²) in [6, 6.07) is 15.8. The smallest absolute Gasteiger partial charge is 0.243 e. The summed E-state index contributed by atoms with van der Waals surface area (Å²) in [4.78, 5) is 14.5. The minimum atomic E-state index is -0.210. The van der Waals surface area contributed by atoms with Crippen molar-refractivity contribution in [2.24, 2.45) is 0 Å². The molecule has 0 radical (unpaired) electrons. The maximum Gasteiger partial charge on any atom is 0.243 e. The van der Waals surface area contributed by atoms with E-state index in [-0.39, 0.29) is 17.9 Å². The van der Waals surface area contributed by atoms with Crippen LogP contribution in [0.1, 0.15) is 24.0 Å². The number of halogens is 1. The number of anilines is 1. The van der Waals surface area contributed by atoms with Crippen molar-refractivity contribution in [1.29, 1.82) is 0 Å². The first-order valence-electron chi connectivity index (χ1n) is 7.45. The zero-order valence-corrected chi connectivity index (χ0v) is 13.5. The Morgan fingerprint density at radius 3 is 2.68 bits per heavy atom. The number of fused-ring (bicyclic) bond motifs is 1. The number of hydrogen-bond acceptors (Lipinski definition) is 2. The van der Waals surface area contributed by atoms with Crippen LogP contribution in [0.25, 0.3) is 0 Å². The lowest BCUT2D eigenvalue weighted by molar-refractivity contribution is -0.120. The summed E-state index contributed by atoms with van der Waals surface area (Å²) in [5.41, 5.74) is 3.29. The van der Waals surface area contributed by atoms with Gasteiger partial charge < -0.3 is 10.2 Å². The Balaban J connectivity index is 2.03. The number of nitrogens with zero attached hydrogens (tertiary/aromatic N) is 1. The molecular weight excluding hydrogens is 296 g/mol. The number of nitrogens with one attached hydrogen (secondary N) is 1. The lowest BCUT2D eigenvalue weighted by Gasteiger charge is -2.21. The summed E-state index contributed by atoms with van der Waals surface area (Å²) in [6.45, 7) is 2.54. The van der Waals surface area contributed by atoms with Crippen LogP contribution < -0.4 is 10.2 Å². The highest BCUT2D eigenvalue weighted by molar-refractivity contribution is 6.30. The SMILES string of the molecule is CNC(C)C(=O)N1CC(c2ccccc2)c2cc(Cl)ccc21. The van der Waals surface area contributed by atoms with E-state index in [0.29, 0.717) is 11.6 Å². The first-order chi connectivity index (χ1) is 10.6. The van der Waals surface area contributed by atoms with Gasteiger partial charge in [0.25, 0.3) is 0 Å². The summed E-state index contributed by atoms with van der Waals surface area (Å²) in [5.74, 6) is 0.257. The van der Waals surface area contributed by atoms with Crippen LogP contribution in [-0.4, -0.2) is 25.5 Å². The van der Waals surface area contributed by atoms with Gasteiger partial charge in [-0.2, -0.15) is 0 Å². The molecule has 0 bridgehead atoms. The molecule has 1 aliphatic rings. The first-order valence-corrected chi connectivity index (χ1v) is 7.82. The summed E-state index contributed by atoms with van der Waals surface area (Å²) < 4.78 is 0. The van der Waals surface area contributed by atoms with Gasteiger partial charge in [0.05, 0.1) is 6.04 Å². The van der Waals surface area contributed by atoms with Crippen LogP contribution in [0, 0.1) is 0 Å². The third kappa shape index (κ3) is 2.62. The van der Waals surface area contributed by atoms with Crippen molar-refractivity contribution < 1.29 is 4.79 Å². The molecule has 0 aromatic heterocycles. The van der Waals surface area contributed by atoms with Crippen LogP contribution in [0.3, 0.4) is 0 Å². The van der Waals surface area contributed by atoms with Crippen molar-refractivity contribution in [2.45, 2.75) is 18.9 Å². The highest BCUT2D eigenvalue weighted by atomic mass is 35.5. The number of carbonyl (C=O) groups excluding carboxylic acids is 1. The van der Waals surface area contributed by atoms with Crippen molar-refractivity contribution >= 4 is 23.2 Å². The van der Waals surface area contributed by atoms with Gasteiger partial charge in [0.2, 0.25) is 5.91 Å². The van der Waals surface area contributed by atoms with E-state index in [0.717, 1.165) is 11.3 Å². The number of carbonyl (C=O) groups is 1. The fourth-order valence-electron chi connectivity index (χ4n) is 2.97. The Hall–Kier alpha value is -1.84. The third-order valence-corrected chi connectivity index (χ3v) is 4.53. The van der Waals surface area contributed by atoms with Gasteiger partial charge in [-0.25, -0.2) is 0 Å². The van der Waals surface area contributed by atoms with Crippen molar-refractivity contribution in [1.82, 2.24) is 5.32 Å². The largest absolute Gasteiger partial charge is 0.310 e. The molecule has 4 heteroatoms. The molecule has 0 fully saturated rings. The molecule has 1 heterocycles. The lowest BCUT2D eigenvalue weighted by atomic mass is 9.93. The summed E-state index contributed by atoms with van der Waals surface area (Å²) in [7, 11) is 1.80. The Morgan fingerprint density at radius 2 is 2.00 bits per heavy atom. The maximum absolute atomic E-state index is 12.6. The van der Waals surface area contributed by atoms with Crippen LogP contribution in [0.2, 0.25) is 5.02 Å². The van der Waals surface area contributed by atoms with Gasteiger partial charge in [0.1, 0.15) is 0 Å². The molecule has 1 N–H and O–H groups in total. The number of hydrogen-bond donors (Lipinski definition) is 1. The molecular formula is C18H19ClN2O. The Bertz CT molecular complexity index is 687. The Labute approximate surface area is 135 Å². The quantitative estimate of drug-likeness (QED) is 0.941. The van der Waals surface area contributed by atoms with E-state index in [9.17, 15) is 4.79 Å². The fraction of sp³-hybridized carbons (Fsp3) is 0.278. The number of rotatable bonds is 3. The van der Waals surface area contributed by atoms with Crippen molar-refractivity contribution in [3.05, 3.63) is 64.7 Å². The Morgan fingerprint density at radius 1 is 1.27 bits per heavy atom. The Kier molecular flexibility index (Phi) is 4.19. The topological polar surface area (TPSA) is 32.3 Å². The molecule has 2 atom stereocenters. The van der Waals surface area contributed by atoms with Crippen LogP contribution in [0.5, 0.6) is 0 Å². The predicted molar refractivity (Wildman–Crippen MR) is 90.6 cm³/mol. The van der Waals surface area contributed by atoms with Crippen molar-refractivity contribution in [3.63, 3.8) is 0 Å². The van der Waals surface area contributed by atoms with E-state index in [2.05, 4.69) is 17.4 Å². The number of likely N-dealkylation sites (N-methyl/N-ethyl adjacent to an activating group) is 1. The molecule has 2 aromatic rings. The monoisotopic (exact) mass is 314 g/mol.